The lowest BCUT2D eigenvalue weighted by Crippen LogP contribution is -2.07. The molecule has 2 aromatic rings. The molecule has 0 bridgehead atoms. The average Bonchev–Trinajstić information content (AvgIpc) is 2.62. The molecule has 2 N–H and O–H groups in total. The maximum atomic E-state index is 5.56. The van der Waals surface area contributed by atoms with Crippen molar-refractivity contribution in [1.82, 2.24) is 9.55 Å². The topological polar surface area (TPSA) is 43.8 Å². The van der Waals surface area contributed by atoms with E-state index < -0.39 is 0 Å². The predicted octanol–water partition coefficient (Wildman–Crippen LogP) is 2.35. The van der Waals surface area contributed by atoms with Crippen molar-refractivity contribution in [3.63, 3.8) is 0 Å². The number of halogens is 1. The molecule has 0 saturated carbocycles. The Labute approximate surface area is 103 Å². The molecule has 0 fully saturated rings. The van der Waals surface area contributed by atoms with Gasteiger partial charge in [0.1, 0.15) is 5.82 Å². The zero-order chi connectivity index (χ0) is 11.5. The van der Waals surface area contributed by atoms with E-state index in [0.29, 0.717) is 6.54 Å². The number of imidazole rings is 1. The molecule has 0 unspecified atom stereocenters. The summed E-state index contributed by atoms with van der Waals surface area (Å²) in [6.07, 6.45) is 2.75. The summed E-state index contributed by atoms with van der Waals surface area (Å²) in [5, 5.41) is 0. The zero-order valence-electron chi connectivity index (χ0n) is 9.15. The van der Waals surface area contributed by atoms with Crippen LogP contribution in [0, 0.1) is 0 Å². The lowest BCUT2D eigenvalue weighted by molar-refractivity contribution is 0.810. The van der Waals surface area contributed by atoms with Gasteiger partial charge in [0, 0.05) is 35.4 Å². The van der Waals surface area contributed by atoms with Crippen LogP contribution in [0.2, 0.25) is 0 Å². The minimum Gasteiger partial charge on any atom is -0.331 e. The Bertz CT molecular complexity index is 491. The Morgan fingerprint density at radius 3 is 2.81 bits per heavy atom. The van der Waals surface area contributed by atoms with Gasteiger partial charge in [-0.3, -0.25) is 0 Å². The van der Waals surface area contributed by atoms with Gasteiger partial charge < -0.3 is 10.3 Å². The van der Waals surface area contributed by atoms with Crippen molar-refractivity contribution in [3.8, 4) is 11.4 Å². The number of hydrogen-bond acceptors (Lipinski definition) is 2. The first-order valence-corrected chi connectivity index (χ1v) is 5.99. The first-order chi connectivity index (χ1) is 7.74. The van der Waals surface area contributed by atoms with Gasteiger partial charge in [-0.25, -0.2) is 4.98 Å². The molecule has 0 aliphatic rings. The molecule has 1 aromatic carbocycles. The molecule has 0 atom stereocenters. The Morgan fingerprint density at radius 1 is 1.38 bits per heavy atom. The van der Waals surface area contributed by atoms with E-state index in [1.807, 2.05) is 31.4 Å². The summed E-state index contributed by atoms with van der Waals surface area (Å²) >= 11 is 3.54. The van der Waals surface area contributed by atoms with E-state index in [1.165, 1.54) is 0 Å². The Morgan fingerprint density at radius 2 is 2.12 bits per heavy atom. The molecule has 84 valence electrons. The van der Waals surface area contributed by atoms with Crippen LogP contribution in [-0.2, 0) is 13.5 Å². The SMILES string of the molecule is Cn1c(CCN)cnc1-c1ccccc1Br. The van der Waals surface area contributed by atoms with Crippen molar-refractivity contribution in [1.29, 1.82) is 0 Å². The minimum atomic E-state index is 0.648. The van der Waals surface area contributed by atoms with Gasteiger partial charge in [0.25, 0.3) is 0 Å². The quantitative estimate of drug-likeness (QED) is 0.938. The molecule has 1 heterocycles. The average molecular weight is 280 g/mol. The van der Waals surface area contributed by atoms with Crippen molar-refractivity contribution < 1.29 is 0 Å². The normalized spacial score (nSPS) is 10.7. The standard InChI is InChI=1S/C12H14BrN3/c1-16-9(6-7-14)8-15-12(16)10-4-2-3-5-11(10)13/h2-5,8H,6-7,14H2,1H3. The maximum Gasteiger partial charge on any atom is 0.140 e. The van der Waals surface area contributed by atoms with Crippen molar-refractivity contribution in [2.45, 2.75) is 6.42 Å². The highest BCUT2D eigenvalue weighted by Crippen LogP contribution is 2.26. The number of hydrogen-bond donors (Lipinski definition) is 1. The lowest BCUT2D eigenvalue weighted by atomic mass is 10.2. The van der Waals surface area contributed by atoms with Crippen LogP contribution in [0.1, 0.15) is 5.69 Å². The van der Waals surface area contributed by atoms with Crippen molar-refractivity contribution in [3.05, 3.63) is 40.6 Å². The molecule has 16 heavy (non-hydrogen) atoms. The van der Waals surface area contributed by atoms with Crippen LogP contribution >= 0.6 is 15.9 Å². The van der Waals surface area contributed by atoms with Gasteiger partial charge in [0.2, 0.25) is 0 Å². The first kappa shape index (κ1) is 11.4. The van der Waals surface area contributed by atoms with E-state index in [1.54, 1.807) is 0 Å². The summed E-state index contributed by atoms with van der Waals surface area (Å²) in [5.41, 5.74) is 7.82. The second kappa shape index (κ2) is 4.80. The number of aromatic nitrogens is 2. The monoisotopic (exact) mass is 279 g/mol. The van der Waals surface area contributed by atoms with Crippen LogP contribution in [0.5, 0.6) is 0 Å². The molecule has 2 rings (SSSR count). The predicted molar refractivity (Wildman–Crippen MR) is 69.1 cm³/mol. The van der Waals surface area contributed by atoms with E-state index in [4.69, 9.17) is 5.73 Å². The third-order valence-corrected chi connectivity index (χ3v) is 3.29. The smallest absolute Gasteiger partial charge is 0.140 e. The Hall–Kier alpha value is -1.13. The van der Waals surface area contributed by atoms with Gasteiger partial charge in [-0.15, -0.1) is 0 Å². The second-order valence-electron chi connectivity index (χ2n) is 3.65. The Balaban J connectivity index is 2.45. The van der Waals surface area contributed by atoms with E-state index in [0.717, 1.165) is 28.0 Å². The highest BCUT2D eigenvalue weighted by molar-refractivity contribution is 9.10. The van der Waals surface area contributed by atoms with E-state index in [-0.39, 0.29) is 0 Å². The molecule has 0 spiro atoms. The van der Waals surface area contributed by atoms with E-state index in [9.17, 15) is 0 Å². The minimum absolute atomic E-state index is 0.648. The summed E-state index contributed by atoms with van der Waals surface area (Å²) in [6, 6.07) is 8.08. The first-order valence-electron chi connectivity index (χ1n) is 5.19. The number of nitrogens with two attached hydrogens (primary N) is 1. The number of nitrogens with zero attached hydrogens (tertiary/aromatic N) is 2. The van der Waals surface area contributed by atoms with Gasteiger partial charge in [0.05, 0.1) is 0 Å². The molecule has 0 amide bonds. The van der Waals surface area contributed by atoms with E-state index in [2.05, 4.69) is 31.5 Å². The third-order valence-electron chi connectivity index (χ3n) is 2.60. The van der Waals surface area contributed by atoms with Gasteiger partial charge in [0.15, 0.2) is 0 Å². The van der Waals surface area contributed by atoms with Gasteiger partial charge in [-0.2, -0.15) is 0 Å². The van der Waals surface area contributed by atoms with Gasteiger partial charge in [-0.1, -0.05) is 34.1 Å². The molecule has 4 heteroatoms. The van der Waals surface area contributed by atoms with E-state index >= 15 is 0 Å². The molecule has 0 aliphatic heterocycles. The molecule has 1 aromatic heterocycles. The maximum absolute atomic E-state index is 5.56. The van der Waals surface area contributed by atoms with Crippen LogP contribution in [0.3, 0.4) is 0 Å². The molecular formula is C12H14BrN3. The summed E-state index contributed by atoms with van der Waals surface area (Å²) < 4.78 is 3.15. The fraction of sp³-hybridized carbons (Fsp3) is 0.250. The molecule has 3 nitrogen and oxygen atoms in total. The van der Waals surface area contributed by atoms with Crippen LogP contribution < -0.4 is 5.73 Å². The van der Waals surface area contributed by atoms with Crippen LogP contribution in [-0.4, -0.2) is 16.1 Å². The largest absolute Gasteiger partial charge is 0.331 e. The zero-order valence-corrected chi connectivity index (χ0v) is 10.7. The summed E-state index contributed by atoms with van der Waals surface area (Å²) in [7, 11) is 2.02. The highest BCUT2D eigenvalue weighted by atomic mass is 79.9. The molecule has 0 saturated heterocycles. The van der Waals surface area contributed by atoms with Gasteiger partial charge >= 0.3 is 0 Å². The van der Waals surface area contributed by atoms with Crippen LogP contribution in [0.25, 0.3) is 11.4 Å². The third kappa shape index (κ3) is 2.03. The number of benzene rings is 1. The van der Waals surface area contributed by atoms with Crippen molar-refractivity contribution in [2.75, 3.05) is 6.54 Å². The fourth-order valence-electron chi connectivity index (χ4n) is 1.72. The van der Waals surface area contributed by atoms with Crippen molar-refractivity contribution >= 4 is 15.9 Å². The summed E-state index contributed by atoms with van der Waals surface area (Å²) in [6.45, 7) is 0.648. The summed E-state index contributed by atoms with van der Waals surface area (Å²) in [4.78, 5) is 4.44. The number of rotatable bonds is 3. The molecule has 0 radical (unpaired) electrons. The highest BCUT2D eigenvalue weighted by Gasteiger charge is 2.10. The van der Waals surface area contributed by atoms with Crippen LogP contribution in [0.4, 0.5) is 0 Å². The lowest BCUT2D eigenvalue weighted by Gasteiger charge is -2.06. The fourth-order valence-corrected chi connectivity index (χ4v) is 2.18. The van der Waals surface area contributed by atoms with Crippen LogP contribution in [0.15, 0.2) is 34.9 Å². The van der Waals surface area contributed by atoms with Gasteiger partial charge in [-0.05, 0) is 12.6 Å². The second-order valence-corrected chi connectivity index (χ2v) is 4.51. The molecule has 0 aliphatic carbocycles. The van der Waals surface area contributed by atoms with Crippen molar-refractivity contribution in [2.24, 2.45) is 12.8 Å². The Kier molecular flexibility index (Phi) is 3.41. The summed E-state index contributed by atoms with van der Waals surface area (Å²) in [5.74, 6) is 0.968. The molecular weight excluding hydrogens is 266 g/mol.